The van der Waals surface area contributed by atoms with Crippen molar-refractivity contribution in [3.05, 3.63) is 47.0 Å². The molecular formula is C17H16F3N3O2S. The zero-order valence-electron chi connectivity index (χ0n) is 13.6. The first kappa shape index (κ1) is 18.4. The highest BCUT2D eigenvalue weighted by Crippen LogP contribution is 2.33. The van der Waals surface area contributed by atoms with Crippen molar-refractivity contribution in [3.63, 3.8) is 0 Å². The number of alkyl halides is 3. The van der Waals surface area contributed by atoms with Gasteiger partial charge >= 0.3 is 6.18 Å². The molecule has 2 heterocycles. The first-order chi connectivity index (χ1) is 12.4. The highest BCUT2D eigenvalue weighted by molar-refractivity contribution is 7.13. The van der Waals surface area contributed by atoms with Gasteiger partial charge in [-0.3, -0.25) is 9.59 Å². The zero-order chi connectivity index (χ0) is 18.7. The van der Waals surface area contributed by atoms with Gasteiger partial charge in [-0.15, -0.1) is 11.3 Å². The summed E-state index contributed by atoms with van der Waals surface area (Å²) in [5.41, 5.74) is -1.35. The summed E-state index contributed by atoms with van der Waals surface area (Å²) in [6.07, 6.45) is -1.92. The minimum absolute atomic E-state index is 0.0855. The summed E-state index contributed by atoms with van der Waals surface area (Å²) in [5, 5.41) is 4.86. The van der Waals surface area contributed by atoms with Crippen LogP contribution in [0.15, 0.2) is 35.8 Å². The predicted molar refractivity (Wildman–Crippen MR) is 90.8 cm³/mol. The Hall–Kier alpha value is -2.42. The first-order valence-electron chi connectivity index (χ1n) is 8.02. The van der Waals surface area contributed by atoms with Gasteiger partial charge in [0.1, 0.15) is 0 Å². The van der Waals surface area contributed by atoms with E-state index in [9.17, 15) is 22.8 Å². The molecule has 1 fully saturated rings. The zero-order valence-corrected chi connectivity index (χ0v) is 14.4. The van der Waals surface area contributed by atoms with E-state index >= 15 is 0 Å². The van der Waals surface area contributed by atoms with E-state index in [0.717, 1.165) is 6.07 Å². The molecule has 0 spiro atoms. The summed E-state index contributed by atoms with van der Waals surface area (Å²) >= 11 is 1.28. The summed E-state index contributed by atoms with van der Waals surface area (Å²) in [6.45, 7) is 0.411. The second-order valence-corrected chi connectivity index (χ2v) is 6.85. The third-order valence-electron chi connectivity index (χ3n) is 4.20. The summed E-state index contributed by atoms with van der Waals surface area (Å²) in [4.78, 5) is 30.3. The van der Waals surface area contributed by atoms with Gasteiger partial charge in [-0.1, -0.05) is 12.1 Å². The molecule has 0 aliphatic carbocycles. The van der Waals surface area contributed by atoms with Crippen LogP contribution in [0.5, 0.6) is 0 Å². The van der Waals surface area contributed by atoms with E-state index in [1.54, 1.807) is 11.6 Å². The molecule has 1 aromatic heterocycles. The van der Waals surface area contributed by atoms with Crippen molar-refractivity contribution < 1.29 is 22.8 Å². The van der Waals surface area contributed by atoms with Crippen molar-refractivity contribution >= 4 is 28.3 Å². The SMILES string of the molecule is O=C(Nc1nccs1)C1CCCN(C(=O)c2ccccc2C(F)(F)F)C1. The minimum atomic E-state index is -4.61. The second kappa shape index (κ2) is 7.45. The first-order valence-corrected chi connectivity index (χ1v) is 8.90. The fourth-order valence-corrected chi connectivity index (χ4v) is 3.49. The average molecular weight is 383 g/mol. The number of anilines is 1. The van der Waals surface area contributed by atoms with Gasteiger partial charge < -0.3 is 10.2 Å². The van der Waals surface area contributed by atoms with Gasteiger partial charge in [-0.25, -0.2) is 4.98 Å². The molecule has 26 heavy (non-hydrogen) atoms. The van der Waals surface area contributed by atoms with Crippen molar-refractivity contribution in [1.29, 1.82) is 0 Å². The molecular weight excluding hydrogens is 367 g/mol. The highest BCUT2D eigenvalue weighted by atomic mass is 32.1. The maximum atomic E-state index is 13.2. The Morgan fingerprint density at radius 2 is 2.04 bits per heavy atom. The lowest BCUT2D eigenvalue weighted by Crippen LogP contribution is -2.44. The molecule has 1 aliphatic heterocycles. The number of piperidine rings is 1. The highest BCUT2D eigenvalue weighted by Gasteiger charge is 2.37. The fourth-order valence-electron chi connectivity index (χ4n) is 2.96. The lowest BCUT2D eigenvalue weighted by Gasteiger charge is -2.32. The number of amides is 2. The van der Waals surface area contributed by atoms with Crippen LogP contribution < -0.4 is 5.32 Å². The number of rotatable bonds is 3. The standard InChI is InChI=1S/C17H16F3N3O2S/c18-17(19,20)13-6-2-1-5-12(13)15(25)23-8-3-4-11(10-23)14(24)22-16-21-7-9-26-16/h1-2,5-7,9,11H,3-4,8,10H2,(H,21,22,24). The van der Waals surface area contributed by atoms with E-state index in [4.69, 9.17) is 0 Å². The molecule has 1 aromatic carbocycles. The molecule has 1 unspecified atom stereocenters. The van der Waals surface area contributed by atoms with Crippen LogP contribution in [0.3, 0.4) is 0 Å². The van der Waals surface area contributed by atoms with Crippen LogP contribution >= 0.6 is 11.3 Å². The number of hydrogen-bond acceptors (Lipinski definition) is 4. The van der Waals surface area contributed by atoms with Gasteiger partial charge in [0, 0.05) is 24.7 Å². The number of benzene rings is 1. The predicted octanol–water partition coefficient (Wildman–Crippen LogP) is 3.65. The fraction of sp³-hybridized carbons (Fsp3) is 0.353. The van der Waals surface area contributed by atoms with Crippen LogP contribution in [-0.4, -0.2) is 34.8 Å². The number of nitrogens with one attached hydrogen (secondary N) is 1. The molecule has 138 valence electrons. The number of nitrogens with zero attached hydrogens (tertiary/aromatic N) is 2. The maximum absolute atomic E-state index is 13.2. The van der Waals surface area contributed by atoms with Crippen LogP contribution in [0.1, 0.15) is 28.8 Å². The van der Waals surface area contributed by atoms with E-state index in [1.165, 1.54) is 34.4 Å². The van der Waals surface area contributed by atoms with Gasteiger partial charge in [0.2, 0.25) is 5.91 Å². The van der Waals surface area contributed by atoms with E-state index in [1.807, 2.05) is 0 Å². The van der Waals surface area contributed by atoms with E-state index < -0.39 is 23.6 Å². The normalized spacial score (nSPS) is 17.8. The molecule has 0 radical (unpaired) electrons. The van der Waals surface area contributed by atoms with Crippen LogP contribution in [0.25, 0.3) is 0 Å². The largest absolute Gasteiger partial charge is 0.417 e. The molecule has 0 bridgehead atoms. The lowest BCUT2D eigenvalue weighted by molar-refractivity contribution is -0.138. The third-order valence-corrected chi connectivity index (χ3v) is 4.89. The summed E-state index contributed by atoms with van der Waals surface area (Å²) < 4.78 is 39.5. The van der Waals surface area contributed by atoms with Crippen molar-refractivity contribution in [2.75, 3.05) is 18.4 Å². The van der Waals surface area contributed by atoms with Crippen LogP contribution in [-0.2, 0) is 11.0 Å². The quantitative estimate of drug-likeness (QED) is 0.880. The van der Waals surface area contributed by atoms with Crippen molar-refractivity contribution in [3.8, 4) is 0 Å². The molecule has 9 heteroatoms. The molecule has 2 aromatic rings. The Morgan fingerprint density at radius 3 is 2.73 bits per heavy atom. The van der Waals surface area contributed by atoms with Crippen molar-refractivity contribution in [2.24, 2.45) is 5.92 Å². The van der Waals surface area contributed by atoms with Crippen LogP contribution in [0.4, 0.5) is 18.3 Å². The summed E-state index contributed by atoms with van der Waals surface area (Å²) in [5.74, 6) is -1.46. The van der Waals surface area contributed by atoms with Crippen LogP contribution in [0.2, 0.25) is 0 Å². The summed E-state index contributed by atoms with van der Waals surface area (Å²) in [6, 6.07) is 4.72. The average Bonchev–Trinajstić information content (AvgIpc) is 3.13. The molecule has 1 atom stereocenters. The number of aromatic nitrogens is 1. The monoisotopic (exact) mass is 383 g/mol. The van der Waals surface area contributed by atoms with Crippen LogP contribution in [0, 0.1) is 5.92 Å². The molecule has 1 N–H and O–H groups in total. The van der Waals surface area contributed by atoms with Gasteiger partial charge in [-0.05, 0) is 25.0 Å². The smallest absolute Gasteiger partial charge is 0.338 e. The van der Waals surface area contributed by atoms with Crippen molar-refractivity contribution in [2.45, 2.75) is 19.0 Å². The minimum Gasteiger partial charge on any atom is -0.338 e. The van der Waals surface area contributed by atoms with E-state index in [0.29, 0.717) is 24.5 Å². The molecule has 5 nitrogen and oxygen atoms in total. The second-order valence-electron chi connectivity index (χ2n) is 5.96. The summed E-state index contributed by atoms with van der Waals surface area (Å²) in [7, 11) is 0. The molecule has 0 saturated carbocycles. The van der Waals surface area contributed by atoms with Crippen molar-refractivity contribution in [1.82, 2.24) is 9.88 Å². The maximum Gasteiger partial charge on any atom is 0.417 e. The van der Waals surface area contributed by atoms with Gasteiger partial charge in [0.25, 0.3) is 5.91 Å². The molecule has 2 amide bonds. The number of carbonyl (C=O) groups excluding carboxylic acids is 2. The lowest BCUT2D eigenvalue weighted by atomic mass is 9.96. The topological polar surface area (TPSA) is 62.3 Å². The Balaban J connectivity index is 1.74. The number of hydrogen-bond donors (Lipinski definition) is 1. The number of likely N-dealkylation sites (tertiary alicyclic amines) is 1. The van der Waals surface area contributed by atoms with Gasteiger partial charge in [-0.2, -0.15) is 13.2 Å². The number of thiazole rings is 1. The Kier molecular flexibility index (Phi) is 5.26. The van der Waals surface area contributed by atoms with Gasteiger partial charge in [0.05, 0.1) is 17.0 Å². The number of carbonyl (C=O) groups is 2. The van der Waals surface area contributed by atoms with Gasteiger partial charge in [0.15, 0.2) is 5.13 Å². The molecule has 1 saturated heterocycles. The number of halogens is 3. The Bertz CT molecular complexity index is 793. The van der Waals surface area contributed by atoms with E-state index in [2.05, 4.69) is 10.3 Å². The molecule has 1 aliphatic rings. The Morgan fingerprint density at radius 1 is 1.27 bits per heavy atom. The molecule has 3 rings (SSSR count). The van der Waals surface area contributed by atoms with E-state index in [-0.39, 0.29) is 18.0 Å². The Labute approximate surface area is 151 Å². The third kappa shape index (κ3) is 4.04.